The molecule has 0 spiro atoms. The Morgan fingerprint density at radius 3 is 2.32 bits per heavy atom. The lowest BCUT2D eigenvalue weighted by Gasteiger charge is -2.37. The van der Waals surface area contributed by atoms with Crippen LogP contribution in [0.15, 0.2) is 17.0 Å². The van der Waals surface area contributed by atoms with E-state index in [9.17, 15) is 8.42 Å². The molecule has 2 unspecified atom stereocenters. The van der Waals surface area contributed by atoms with Gasteiger partial charge in [0.15, 0.2) is 0 Å². The summed E-state index contributed by atoms with van der Waals surface area (Å²) in [6.07, 6.45) is 1.95. The van der Waals surface area contributed by atoms with Crippen molar-refractivity contribution >= 4 is 10.1 Å². The molecule has 7 heteroatoms. The van der Waals surface area contributed by atoms with Crippen LogP contribution in [-0.4, -0.2) is 33.1 Å². The van der Waals surface area contributed by atoms with E-state index < -0.39 is 21.1 Å². The maximum absolute atomic E-state index is 12.7. The molecule has 1 saturated heterocycles. The third-order valence-corrected chi connectivity index (χ3v) is 5.68. The van der Waals surface area contributed by atoms with Crippen LogP contribution in [0.4, 0.5) is 0 Å². The van der Waals surface area contributed by atoms with Crippen LogP contribution in [0.3, 0.4) is 0 Å². The largest absolute Gasteiger partial charge is 0.345 e. The lowest BCUT2D eigenvalue weighted by Crippen LogP contribution is -2.64. The van der Waals surface area contributed by atoms with Gasteiger partial charge in [-0.15, -0.1) is 5.84 Å². The van der Waals surface area contributed by atoms with E-state index in [1.54, 1.807) is 13.8 Å². The van der Waals surface area contributed by atoms with E-state index in [4.69, 9.17) is 14.9 Å². The van der Waals surface area contributed by atoms with Crippen molar-refractivity contribution in [1.82, 2.24) is 0 Å². The fourth-order valence-electron chi connectivity index (χ4n) is 3.20. The van der Waals surface area contributed by atoms with Gasteiger partial charge in [-0.1, -0.05) is 22.5 Å². The second-order valence-electron chi connectivity index (χ2n) is 6.02. The molecule has 2 N–H and O–H groups in total. The number of benzene rings is 1. The minimum Gasteiger partial charge on any atom is -0.329 e. The maximum atomic E-state index is 12.7. The van der Waals surface area contributed by atoms with Crippen LogP contribution in [0.1, 0.15) is 36.0 Å². The molecule has 0 aliphatic carbocycles. The van der Waals surface area contributed by atoms with E-state index in [0.717, 1.165) is 18.4 Å². The first kappa shape index (κ1) is 17.4. The van der Waals surface area contributed by atoms with E-state index in [-0.39, 0.29) is 4.90 Å². The first-order valence-corrected chi connectivity index (χ1v) is 8.83. The third-order valence-electron chi connectivity index (χ3n) is 4.06. The van der Waals surface area contributed by atoms with Crippen molar-refractivity contribution in [3.8, 4) is 0 Å². The molecule has 0 saturated carbocycles. The molecule has 1 aliphatic rings. The van der Waals surface area contributed by atoms with Crippen molar-refractivity contribution in [2.45, 2.75) is 51.2 Å². The monoisotopic (exact) mass is 329 g/mol. The predicted octanol–water partition coefficient (Wildman–Crippen LogP) is 2.08. The highest BCUT2D eigenvalue weighted by Gasteiger charge is 2.45. The predicted molar refractivity (Wildman–Crippen MR) is 82.9 cm³/mol. The van der Waals surface area contributed by atoms with Gasteiger partial charge < -0.3 is 4.74 Å². The molecule has 0 amide bonds. The Morgan fingerprint density at radius 2 is 1.77 bits per heavy atom. The number of ether oxygens (including phenoxy) is 1. The van der Waals surface area contributed by atoms with Crippen LogP contribution in [0.2, 0.25) is 0 Å². The van der Waals surface area contributed by atoms with E-state index in [1.807, 2.05) is 19.1 Å². The Hall–Kier alpha value is -0.990. The molecule has 0 radical (unpaired) electrons. The van der Waals surface area contributed by atoms with Crippen LogP contribution in [0, 0.1) is 20.8 Å². The van der Waals surface area contributed by atoms with Gasteiger partial charge >= 0.3 is 10.1 Å². The van der Waals surface area contributed by atoms with Gasteiger partial charge in [0.1, 0.15) is 11.4 Å². The third kappa shape index (κ3) is 3.33. The molecule has 2 atom stereocenters. The maximum Gasteiger partial charge on any atom is 0.345 e. The Balaban J connectivity index is 2.39. The molecule has 6 nitrogen and oxygen atoms in total. The molecule has 1 aromatic carbocycles. The van der Waals surface area contributed by atoms with Gasteiger partial charge in [0.2, 0.25) is 6.23 Å². The Morgan fingerprint density at radius 1 is 1.18 bits per heavy atom. The number of methoxy groups -OCH3 is 1. The minimum absolute atomic E-state index is 0.196. The molecule has 1 aromatic rings. The summed E-state index contributed by atoms with van der Waals surface area (Å²) < 4.78 is 35.7. The molecule has 1 aliphatic heterocycles. The van der Waals surface area contributed by atoms with E-state index >= 15 is 0 Å². The van der Waals surface area contributed by atoms with Crippen LogP contribution in [0.25, 0.3) is 0 Å². The van der Waals surface area contributed by atoms with Gasteiger partial charge in [0.05, 0.1) is 0 Å². The number of nitrogens with two attached hydrogens (primary N) is 1. The van der Waals surface area contributed by atoms with E-state index in [1.165, 1.54) is 7.11 Å². The molecule has 22 heavy (non-hydrogen) atoms. The summed E-state index contributed by atoms with van der Waals surface area (Å²) in [5.74, 6) is 6.18. The number of hydroxylamine groups is 2. The Bertz CT molecular complexity index is 637. The average molecular weight is 329 g/mol. The molecule has 124 valence electrons. The second-order valence-corrected chi connectivity index (χ2v) is 7.49. The number of rotatable bonds is 4. The average Bonchev–Trinajstić information content (AvgIpc) is 2.36. The van der Waals surface area contributed by atoms with Crippen molar-refractivity contribution < 1.29 is 22.2 Å². The highest BCUT2D eigenvalue weighted by molar-refractivity contribution is 7.86. The van der Waals surface area contributed by atoms with Crippen LogP contribution in [0.5, 0.6) is 0 Å². The summed E-state index contributed by atoms with van der Waals surface area (Å²) >= 11 is 0. The summed E-state index contributed by atoms with van der Waals surface area (Å²) in [4.78, 5) is 0.196. The zero-order chi connectivity index (χ0) is 16.5. The van der Waals surface area contributed by atoms with Gasteiger partial charge in [-0.2, -0.15) is 8.42 Å². The summed E-state index contributed by atoms with van der Waals surface area (Å²) in [7, 11) is -2.45. The van der Waals surface area contributed by atoms with Gasteiger partial charge in [-0.25, -0.2) is 0 Å². The van der Waals surface area contributed by atoms with E-state index in [0.29, 0.717) is 24.1 Å². The SMILES string of the molecule is COC1CCCC[N+]1(N)OS(=O)(=O)c1c(C)cc(C)cc1C. The van der Waals surface area contributed by atoms with Crippen molar-refractivity contribution in [3.63, 3.8) is 0 Å². The van der Waals surface area contributed by atoms with Crippen molar-refractivity contribution in [2.24, 2.45) is 5.84 Å². The normalized spacial score (nSPS) is 26.1. The molecule has 0 bridgehead atoms. The highest BCUT2D eigenvalue weighted by atomic mass is 32.2. The molecular formula is C15H25N2O4S+. The van der Waals surface area contributed by atoms with Crippen LogP contribution < -0.4 is 5.84 Å². The van der Waals surface area contributed by atoms with Crippen molar-refractivity contribution in [3.05, 3.63) is 28.8 Å². The number of hydrogen-bond acceptors (Lipinski definition) is 5. The fourth-order valence-corrected chi connectivity index (χ4v) is 4.72. The lowest BCUT2D eigenvalue weighted by molar-refractivity contribution is -1.13. The zero-order valence-corrected chi connectivity index (χ0v) is 14.4. The van der Waals surface area contributed by atoms with E-state index in [2.05, 4.69) is 0 Å². The zero-order valence-electron chi connectivity index (χ0n) is 13.6. The summed E-state index contributed by atoms with van der Waals surface area (Å²) in [5, 5.41) is 0. The van der Waals surface area contributed by atoms with Crippen molar-refractivity contribution in [1.29, 1.82) is 0 Å². The lowest BCUT2D eigenvalue weighted by atomic mass is 10.1. The number of quaternary nitrogens is 1. The summed E-state index contributed by atoms with van der Waals surface area (Å²) in [5.41, 5.74) is 2.34. The summed E-state index contributed by atoms with van der Waals surface area (Å²) in [6.45, 7) is 5.86. The smallest absolute Gasteiger partial charge is 0.329 e. The summed E-state index contributed by atoms with van der Waals surface area (Å²) in [6, 6.07) is 3.65. The highest BCUT2D eigenvalue weighted by Crippen LogP contribution is 2.29. The van der Waals surface area contributed by atoms with Crippen molar-refractivity contribution in [2.75, 3.05) is 13.7 Å². The quantitative estimate of drug-likeness (QED) is 0.676. The van der Waals surface area contributed by atoms with Gasteiger partial charge in [0.25, 0.3) is 0 Å². The molecule has 1 fully saturated rings. The van der Waals surface area contributed by atoms with Crippen LogP contribution in [-0.2, 0) is 19.1 Å². The molecule has 2 rings (SSSR count). The van der Waals surface area contributed by atoms with Gasteiger partial charge in [0, 0.05) is 20.0 Å². The van der Waals surface area contributed by atoms with Crippen LogP contribution >= 0.6 is 0 Å². The number of aryl methyl sites for hydroxylation is 3. The van der Waals surface area contributed by atoms with Gasteiger partial charge in [-0.3, -0.25) is 0 Å². The Kier molecular flexibility index (Phi) is 4.93. The Labute approximate surface area is 132 Å². The minimum atomic E-state index is -3.97. The number of piperidine rings is 1. The molecule has 1 heterocycles. The first-order chi connectivity index (χ1) is 10.2. The molecular weight excluding hydrogens is 304 g/mol. The van der Waals surface area contributed by atoms with Gasteiger partial charge in [-0.05, 0) is 42.6 Å². The topological polar surface area (TPSA) is 78.6 Å². The fraction of sp³-hybridized carbons (Fsp3) is 0.600. The number of nitrogens with zero attached hydrogens (tertiary/aromatic N) is 1. The standard InChI is InChI=1S/C15H25N2O4S/c1-11-9-12(2)15(13(3)10-11)22(18,19)21-17(16)8-6-5-7-14(17)20-4/h9-10,14H,5-8,16H2,1-4H3/q+1. The molecule has 0 aromatic heterocycles. The number of hydrogen-bond donors (Lipinski definition) is 1. The first-order valence-electron chi connectivity index (χ1n) is 7.43. The second kappa shape index (κ2) is 6.25.